The van der Waals surface area contributed by atoms with Crippen molar-refractivity contribution >= 4 is 43.5 Å². The lowest BCUT2D eigenvalue weighted by molar-refractivity contribution is -0.139. The van der Waals surface area contributed by atoms with Crippen molar-refractivity contribution in [2.75, 3.05) is 10.8 Å². The molecule has 4 rings (SSSR count). The van der Waals surface area contributed by atoms with E-state index in [4.69, 9.17) is 4.74 Å². The summed E-state index contributed by atoms with van der Waals surface area (Å²) < 4.78 is 36.1. The molecular formula is C35H38BrN3O5S. The van der Waals surface area contributed by atoms with Gasteiger partial charge in [0.25, 0.3) is 10.0 Å². The average molecular weight is 693 g/mol. The first-order valence-electron chi connectivity index (χ1n) is 14.7. The number of ether oxygens (including phenoxy) is 1. The highest BCUT2D eigenvalue weighted by Gasteiger charge is 2.33. The zero-order chi connectivity index (χ0) is 32.6. The number of nitrogens with one attached hydrogen (secondary N) is 1. The highest BCUT2D eigenvalue weighted by atomic mass is 79.9. The summed E-state index contributed by atoms with van der Waals surface area (Å²) in [6.45, 7) is 6.98. The summed E-state index contributed by atoms with van der Waals surface area (Å²) >= 11 is 3.43. The SMILES string of the molecule is CC[C@H](C)NC(=O)[C@@H](C)N(Cc1ccc(Br)cc1)C(=O)CN(c1ccc(Oc2ccccc2)cc1)S(=O)(=O)c1ccc(C)cc1. The number of carbonyl (C=O) groups excluding carboxylic acids is 2. The summed E-state index contributed by atoms with van der Waals surface area (Å²) in [6, 6.07) is 28.7. The molecule has 0 radical (unpaired) electrons. The van der Waals surface area contributed by atoms with Crippen molar-refractivity contribution in [2.45, 2.75) is 57.6 Å². The number of benzene rings is 4. The molecule has 0 aromatic heterocycles. The Hall–Kier alpha value is -4.15. The van der Waals surface area contributed by atoms with Gasteiger partial charge in [-0.15, -0.1) is 0 Å². The maximum atomic E-state index is 14.1. The highest BCUT2D eigenvalue weighted by Crippen LogP contribution is 2.29. The Kier molecular flexibility index (Phi) is 11.4. The van der Waals surface area contributed by atoms with Gasteiger partial charge in [-0.2, -0.15) is 0 Å². The van der Waals surface area contributed by atoms with Crippen molar-refractivity contribution in [3.8, 4) is 11.5 Å². The van der Waals surface area contributed by atoms with Gasteiger partial charge in [-0.3, -0.25) is 13.9 Å². The zero-order valence-corrected chi connectivity index (χ0v) is 28.2. The van der Waals surface area contributed by atoms with Crippen molar-refractivity contribution in [3.63, 3.8) is 0 Å². The van der Waals surface area contributed by atoms with E-state index in [2.05, 4.69) is 21.2 Å². The van der Waals surface area contributed by atoms with Crippen molar-refractivity contribution in [1.29, 1.82) is 0 Å². The van der Waals surface area contributed by atoms with E-state index in [1.807, 2.05) is 75.4 Å². The summed E-state index contributed by atoms with van der Waals surface area (Å²) in [4.78, 5) is 28.9. The summed E-state index contributed by atoms with van der Waals surface area (Å²) in [7, 11) is -4.18. The number of amides is 2. The molecule has 0 bridgehead atoms. The van der Waals surface area contributed by atoms with E-state index in [9.17, 15) is 18.0 Å². The molecule has 0 spiro atoms. The van der Waals surface area contributed by atoms with Gasteiger partial charge < -0.3 is 15.0 Å². The monoisotopic (exact) mass is 691 g/mol. The molecule has 0 heterocycles. The molecule has 4 aromatic rings. The van der Waals surface area contributed by atoms with Gasteiger partial charge in [-0.25, -0.2) is 8.42 Å². The number of hydrogen-bond acceptors (Lipinski definition) is 5. The van der Waals surface area contributed by atoms with Gasteiger partial charge >= 0.3 is 0 Å². The molecule has 0 saturated heterocycles. The molecule has 2 atom stereocenters. The second kappa shape index (κ2) is 15.2. The first-order chi connectivity index (χ1) is 21.5. The molecule has 10 heteroatoms. The molecule has 0 unspecified atom stereocenters. The standard InChI is InChI=1S/C35H38BrN3O5S/c1-5-26(3)37-35(41)27(4)38(23-28-13-15-29(36)16-14-28)34(40)24-39(45(42,43)33-21-11-25(2)12-22-33)30-17-19-32(20-18-30)44-31-9-7-6-8-10-31/h6-22,26-27H,5,23-24H2,1-4H3,(H,37,41)/t26-,27+/m0/s1. The van der Waals surface area contributed by atoms with E-state index < -0.39 is 28.5 Å². The lowest BCUT2D eigenvalue weighted by atomic mass is 10.1. The van der Waals surface area contributed by atoms with E-state index in [-0.39, 0.29) is 29.1 Å². The van der Waals surface area contributed by atoms with Crippen molar-refractivity contribution < 1.29 is 22.7 Å². The predicted molar refractivity (Wildman–Crippen MR) is 181 cm³/mol. The molecule has 0 saturated carbocycles. The lowest BCUT2D eigenvalue weighted by Gasteiger charge is -2.32. The second-order valence-electron chi connectivity index (χ2n) is 10.9. The topological polar surface area (TPSA) is 96.0 Å². The molecule has 0 aliphatic carbocycles. The summed E-state index contributed by atoms with van der Waals surface area (Å²) in [5.41, 5.74) is 1.98. The summed E-state index contributed by atoms with van der Waals surface area (Å²) in [5.74, 6) is 0.309. The summed E-state index contributed by atoms with van der Waals surface area (Å²) in [6.07, 6.45) is 0.728. The van der Waals surface area contributed by atoms with E-state index in [1.165, 1.54) is 17.0 Å². The van der Waals surface area contributed by atoms with E-state index in [1.54, 1.807) is 43.3 Å². The molecule has 4 aromatic carbocycles. The first kappa shape index (κ1) is 33.7. The summed E-state index contributed by atoms with van der Waals surface area (Å²) in [5, 5.41) is 2.95. The van der Waals surface area contributed by atoms with Crippen LogP contribution in [0.5, 0.6) is 11.5 Å². The fraction of sp³-hybridized carbons (Fsp3) is 0.257. The van der Waals surface area contributed by atoms with Crippen LogP contribution in [0.15, 0.2) is 112 Å². The number of carbonyl (C=O) groups is 2. The Labute approximate surface area is 274 Å². The Morgan fingerprint density at radius 1 is 0.844 bits per heavy atom. The van der Waals surface area contributed by atoms with Crippen LogP contribution in [-0.4, -0.2) is 43.8 Å². The van der Waals surface area contributed by atoms with Crippen molar-refractivity contribution in [2.24, 2.45) is 0 Å². The van der Waals surface area contributed by atoms with Crippen LogP contribution in [0.2, 0.25) is 0 Å². The number of anilines is 1. The maximum absolute atomic E-state index is 14.1. The van der Waals surface area contributed by atoms with Crippen molar-refractivity contribution in [3.05, 3.63) is 119 Å². The second-order valence-corrected chi connectivity index (χ2v) is 13.7. The smallest absolute Gasteiger partial charge is 0.264 e. The molecule has 0 fully saturated rings. The largest absolute Gasteiger partial charge is 0.457 e. The molecule has 8 nitrogen and oxygen atoms in total. The van der Waals surface area contributed by atoms with Gasteiger partial charge in [0.05, 0.1) is 10.6 Å². The molecule has 2 amide bonds. The van der Waals surface area contributed by atoms with Gasteiger partial charge in [-0.1, -0.05) is 70.9 Å². The van der Waals surface area contributed by atoms with Gasteiger partial charge in [-0.05, 0) is 93.4 Å². The third-order valence-corrected chi connectivity index (χ3v) is 9.74. The van der Waals surface area contributed by atoms with Crippen LogP contribution in [0.4, 0.5) is 5.69 Å². The molecule has 0 aliphatic heterocycles. The third kappa shape index (κ3) is 8.95. The quantitative estimate of drug-likeness (QED) is 0.162. The van der Waals surface area contributed by atoms with Crippen LogP contribution in [0.1, 0.15) is 38.3 Å². The Bertz CT molecular complexity index is 1680. The molecular weight excluding hydrogens is 654 g/mol. The third-order valence-electron chi connectivity index (χ3n) is 7.43. The van der Waals surface area contributed by atoms with E-state index >= 15 is 0 Å². The number of nitrogens with zero attached hydrogens (tertiary/aromatic N) is 2. The average Bonchev–Trinajstić information content (AvgIpc) is 3.04. The minimum atomic E-state index is -4.18. The fourth-order valence-electron chi connectivity index (χ4n) is 4.51. The van der Waals surface area contributed by atoms with Crippen LogP contribution < -0.4 is 14.4 Å². The van der Waals surface area contributed by atoms with E-state index in [0.717, 1.165) is 26.3 Å². The van der Waals surface area contributed by atoms with Crippen LogP contribution in [-0.2, 0) is 26.2 Å². The van der Waals surface area contributed by atoms with E-state index in [0.29, 0.717) is 11.5 Å². The Balaban J connectivity index is 1.70. The van der Waals surface area contributed by atoms with Crippen molar-refractivity contribution in [1.82, 2.24) is 10.2 Å². The Morgan fingerprint density at radius 2 is 1.44 bits per heavy atom. The maximum Gasteiger partial charge on any atom is 0.264 e. The molecule has 236 valence electrons. The van der Waals surface area contributed by atoms with Gasteiger partial charge in [0.1, 0.15) is 24.1 Å². The number of sulfonamides is 1. The number of halogens is 1. The zero-order valence-electron chi connectivity index (χ0n) is 25.8. The number of para-hydroxylation sites is 1. The normalized spacial score (nSPS) is 12.6. The molecule has 45 heavy (non-hydrogen) atoms. The number of hydrogen-bond donors (Lipinski definition) is 1. The van der Waals surface area contributed by atoms with Gasteiger partial charge in [0.2, 0.25) is 11.8 Å². The fourth-order valence-corrected chi connectivity index (χ4v) is 6.18. The minimum Gasteiger partial charge on any atom is -0.457 e. The van der Waals surface area contributed by atoms with Gasteiger partial charge in [0, 0.05) is 17.1 Å². The van der Waals surface area contributed by atoms with Gasteiger partial charge in [0.15, 0.2) is 0 Å². The lowest BCUT2D eigenvalue weighted by Crippen LogP contribution is -2.52. The number of aryl methyl sites for hydroxylation is 1. The molecule has 0 aliphatic rings. The van der Waals surface area contributed by atoms with Crippen LogP contribution in [0.25, 0.3) is 0 Å². The first-order valence-corrected chi connectivity index (χ1v) is 17.0. The highest BCUT2D eigenvalue weighted by molar-refractivity contribution is 9.10. The van der Waals surface area contributed by atoms with Crippen LogP contribution in [0, 0.1) is 6.92 Å². The van der Waals surface area contributed by atoms with Crippen LogP contribution >= 0.6 is 15.9 Å². The minimum absolute atomic E-state index is 0.0486. The van der Waals surface area contributed by atoms with Crippen LogP contribution in [0.3, 0.4) is 0 Å². The molecule has 1 N–H and O–H groups in total. The number of rotatable bonds is 13. The predicted octanol–water partition coefficient (Wildman–Crippen LogP) is 7.08. The Morgan fingerprint density at radius 3 is 2.04 bits per heavy atom.